The number of thioether (sulfide) groups is 1. The van der Waals surface area contributed by atoms with Gasteiger partial charge in [0.25, 0.3) is 5.56 Å². The Labute approximate surface area is 261 Å². The molecular formula is C30H45F2N2O8PS. The third kappa shape index (κ3) is 13.6. The lowest BCUT2D eigenvalue weighted by Crippen LogP contribution is -2.34. The molecule has 1 aromatic heterocycles. The van der Waals surface area contributed by atoms with Gasteiger partial charge >= 0.3 is 13.5 Å². The van der Waals surface area contributed by atoms with Gasteiger partial charge in [-0.1, -0.05) is 69.9 Å². The van der Waals surface area contributed by atoms with Crippen LogP contribution in [0.1, 0.15) is 88.8 Å². The van der Waals surface area contributed by atoms with Gasteiger partial charge in [0.2, 0.25) is 5.82 Å². The Hall–Kier alpha value is -1.86. The molecule has 2 heterocycles. The molecule has 4 atom stereocenters. The van der Waals surface area contributed by atoms with E-state index in [1.54, 1.807) is 11.8 Å². The van der Waals surface area contributed by atoms with Gasteiger partial charge in [0, 0.05) is 12.2 Å². The molecule has 44 heavy (non-hydrogen) atoms. The highest BCUT2D eigenvalue weighted by Gasteiger charge is 2.37. The van der Waals surface area contributed by atoms with Crippen molar-refractivity contribution < 1.29 is 37.1 Å². The normalized spacial score (nSPS) is 19.8. The number of nitrogens with zero attached hydrogens (tertiary/aromatic N) is 1. The number of rotatable bonds is 22. The molecule has 1 fully saturated rings. The van der Waals surface area contributed by atoms with Crippen LogP contribution < -0.4 is 11.2 Å². The number of nitrogens with one attached hydrogen (secondary N) is 1. The molecule has 0 spiro atoms. The number of unbranched alkanes of at least 4 members (excludes halogenated alkanes) is 10. The zero-order chi connectivity index (χ0) is 31.8. The molecule has 0 saturated carbocycles. The molecule has 1 aliphatic heterocycles. The van der Waals surface area contributed by atoms with Crippen molar-refractivity contribution in [3.63, 3.8) is 0 Å². The van der Waals surface area contributed by atoms with E-state index >= 15 is 0 Å². The van der Waals surface area contributed by atoms with Crippen LogP contribution in [0.5, 0.6) is 0 Å². The van der Waals surface area contributed by atoms with Crippen molar-refractivity contribution >= 4 is 19.6 Å². The van der Waals surface area contributed by atoms with Crippen LogP contribution in [-0.2, 0) is 24.8 Å². The number of aliphatic hydroxyl groups excluding tert-OH is 1. The van der Waals surface area contributed by atoms with Gasteiger partial charge in [-0.25, -0.2) is 13.8 Å². The summed E-state index contributed by atoms with van der Waals surface area (Å²) in [6.45, 7) is -0.453. The standard InChI is InChI=1S/C30H45F2N2O8PS/c31-24-15-13-23(14-16-24)12-10-8-6-4-2-1-3-5-7-9-11-18-44-19-17-40-43(38,39)41-22-27-26(35)20-28(42-27)34-21-25(32)29(36)33-30(34)37/h13-16,21,26-28,35H,1-12,17-20,22H2,(H,38,39)(H,33,36,37)/t26-,27+,28+/m0/s1. The maximum Gasteiger partial charge on any atom is 0.472 e. The zero-order valence-electron chi connectivity index (χ0n) is 25.0. The number of H-pyrrole nitrogens is 1. The van der Waals surface area contributed by atoms with Crippen molar-refractivity contribution in [1.82, 2.24) is 9.55 Å². The first kappa shape index (κ1) is 36.6. The van der Waals surface area contributed by atoms with E-state index in [0.717, 1.165) is 36.0 Å². The minimum absolute atomic E-state index is 0.0213. The number of aryl methyl sites for hydroxylation is 1. The summed E-state index contributed by atoms with van der Waals surface area (Å²) in [6, 6.07) is 6.79. The minimum Gasteiger partial charge on any atom is -0.390 e. The largest absolute Gasteiger partial charge is 0.472 e. The van der Waals surface area contributed by atoms with Crippen LogP contribution in [0.2, 0.25) is 0 Å². The Morgan fingerprint density at radius 2 is 1.55 bits per heavy atom. The highest BCUT2D eigenvalue weighted by molar-refractivity contribution is 7.99. The maximum absolute atomic E-state index is 13.6. The summed E-state index contributed by atoms with van der Waals surface area (Å²) in [5.74, 6) is 0.106. The van der Waals surface area contributed by atoms with Crippen LogP contribution in [0, 0.1) is 11.6 Å². The first-order valence-corrected chi connectivity index (χ1v) is 18.1. The summed E-state index contributed by atoms with van der Waals surface area (Å²) in [7, 11) is -4.38. The molecule has 14 heteroatoms. The van der Waals surface area contributed by atoms with E-state index in [2.05, 4.69) is 0 Å². The molecule has 10 nitrogen and oxygen atoms in total. The first-order chi connectivity index (χ1) is 21.1. The van der Waals surface area contributed by atoms with Crippen molar-refractivity contribution in [3.8, 4) is 0 Å². The average Bonchev–Trinajstić information content (AvgIpc) is 3.36. The van der Waals surface area contributed by atoms with Crippen molar-refractivity contribution in [2.75, 3.05) is 24.7 Å². The van der Waals surface area contributed by atoms with Crippen LogP contribution in [0.4, 0.5) is 8.78 Å². The average molecular weight is 663 g/mol. The number of hydrogen-bond donors (Lipinski definition) is 3. The Bertz CT molecular complexity index is 1280. The fraction of sp³-hybridized carbons (Fsp3) is 0.667. The minimum atomic E-state index is -4.38. The van der Waals surface area contributed by atoms with Gasteiger partial charge in [0.1, 0.15) is 18.1 Å². The van der Waals surface area contributed by atoms with E-state index in [0.29, 0.717) is 11.9 Å². The molecule has 1 unspecified atom stereocenters. The summed E-state index contributed by atoms with van der Waals surface area (Å²) >= 11 is 1.64. The van der Waals surface area contributed by atoms with Crippen molar-refractivity contribution in [2.45, 2.75) is 102 Å². The van der Waals surface area contributed by atoms with E-state index in [1.807, 2.05) is 17.1 Å². The molecular weight excluding hydrogens is 617 g/mol. The van der Waals surface area contributed by atoms with Crippen LogP contribution in [0.25, 0.3) is 0 Å². The third-order valence-electron chi connectivity index (χ3n) is 7.49. The highest BCUT2D eigenvalue weighted by atomic mass is 32.2. The number of phosphoric ester groups is 1. The predicted octanol–water partition coefficient (Wildman–Crippen LogP) is 5.86. The molecule has 1 aromatic carbocycles. The van der Waals surface area contributed by atoms with E-state index in [9.17, 15) is 32.9 Å². The van der Waals surface area contributed by atoms with Gasteiger partial charge in [-0.2, -0.15) is 16.2 Å². The summed E-state index contributed by atoms with van der Waals surface area (Å²) in [6.07, 6.45) is 11.7. The summed E-state index contributed by atoms with van der Waals surface area (Å²) in [4.78, 5) is 34.9. The van der Waals surface area contributed by atoms with E-state index in [1.165, 1.54) is 69.1 Å². The lowest BCUT2D eigenvalue weighted by atomic mass is 10.0. The smallest absolute Gasteiger partial charge is 0.390 e. The molecule has 0 amide bonds. The maximum atomic E-state index is 13.6. The number of aromatic amines is 1. The van der Waals surface area contributed by atoms with Crippen molar-refractivity contribution in [3.05, 3.63) is 68.5 Å². The number of ether oxygens (including phenoxy) is 1. The lowest BCUT2D eigenvalue weighted by molar-refractivity contribution is -0.0465. The van der Waals surface area contributed by atoms with Crippen LogP contribution >= 0.6 is 19.6 Å². The Morgan fingerprint density at radius 3 is 2.20 bits per heavy atom. The fourth-order valence-corrected chi connectivity index (χ4v) is 6.67. The molecule has 3 N–H and O–H groups in total. The van der Waals surface area contributed by atoms with Gasteiger partial charge in [0.05, 0.1) is 25.5 Å². The van der Waals surface area contributed by atoms with Gasteiger partial charge in [-0.05, 0) is 42.7 Å². The molecule has 0 aliphatic carbocycles. The van der Waals surface area contributed by atoms with Gasteiger partial charge in [-0.3, -0.25) is 23.4 Å². The van der Waals surface area contributed by atoms with E-state index in [4.69, 9.17) is 13.8 Å². The van der Waals surface area contributed by atoms with Crippen molar-refractivity contribution in [1.29, 1.82) is 0 Å². The number of aliphatic hydroxyl groups is 1. The second-order valence-corrected chi connectivity index (χ2v) is 13.7. The van der Waals surface area contributed by atoms with E-state index in [-0.39, 0.29) is 18.8 Å². The highest BCUT2D eigenvalue weighted by Crippen LogP contribution is 2.44. The lowest BCUT2D eigenvalue weighted by Gasteiger charge is -2.18. The number of hydrogen-bond acceptors (Lipinski definition) is 8. The monoisotopic (exact) mass is 662 g/mol. The van der Waals surface area contributed by atoms with Crippen LogP contribution in [0.15, 0.2) is 40.1 Å². The van der Waals surface area contributed by atoms with Gasteiger partial charge in [0.15, 0.2) is 0 Å². The molecule has 1 aliphatic rings. The van der Waals surface area contributed by atoms with E-state index < -0.39 is 49.9 Å². The van der Waals surface area contributed by atoms with Gasteiger partial charge < -0.3 is 14.7 Å². The molecule has 3 rings (SSSR count). The Balaban J connectivity index is 1.11. The van der Waals surface area contributed by atoms with Gasteiger partial charge in [-0.15, -0.1) is 0 Å². The van der Waals surface area contributed by atoms with Crippen molar-refractivity contribution in [2.24, 2.45) is 0 Å². The number of aromatic nitrogens is 2. The Kier molecular flexibility index (Phi) is 16.3. The Morgan fingerprint density at radius 1 is 0.932 bits per heavy atom. The SMILES string of the molecule is O=c1[nH]c(=O)n([C@H]2C[C@H](O)[C@@H](COP(=O)(O)OCCSCCCCCCCCCCCCCc3ccc(F)cc3)O2)cc1F. The first-order valence-electron chi connectivity index (χ1n) is 15.4. The summed E-state index contributed by atoms with van der Waals surface area (Å²) in [5, 5.41) is 10.2. The summed E-state index contributed by atoms with van der Waals surface area (Å²) in [5.41, 5.74) is -0.864. The fourth-order valence-electron chi connectivity index (χ4n) is 5.00. The molecule has 2 aromatic rings. The predicted molar refractivity (Wildman–Crippen MR) is 166 cm³/mol. The van der Waals surface area contributed by atoms with Crippen LogP contribution in [-0.4, -0.2) is 56.5 Å². The third-order valence-corrected chi connectivity index (χ3v) is 9.51. The summed E-state index contributed by atoms with van der Waals surface area (Å²) < 4.78 is 54.9. The number of halogens is 2. The number of benzene rings is 1. The number of phosphoric acid groups is 1. The molecule has 0 bridgehead atoms. The second kappa shape index (κ2) is 19.6. The second-order valence-electron chi connectivity index (χ2n) is 11.1. The molecule has 0 radical (unpaired) electrons. The molecule has 248 valence electrons. The quantitative estimate of drug-likeness (QED) is 0.104. The zero-order valence-corrected chi connectivity index (χ0v) is 26.8. The topological polar surface area (TPSA) is 140 Å². The van der Waals surface area contributed by atoms with Crippen LogP contribution in [0.3, 0.4) is 0 Å². The molecule has 1 saturated heterocycles.